The lowest BCUT2D eigenvalue weighted by Gasteiger charge is -2.28. The molecule has 3 rings (SSSR count). The van der Waals surface area contributed by atoms with Crippen molar-refractivity contribution in [2.75, 3.05) is 13.6 Å². The Kier molecular flexibility index (Phi) is 4.27. The maximum Gasteiger partial charge on any atom is 0.0983 e. The Labute approximate surface area is 131 Å². The first-order valence-corrected chi connectivity index (χ1v) is 7.90. The van der Waals surface area contributed by atoms with Crippen LogP contribution in [0.5, 0.6) is 0 Å². The Balaban J connectivity index is 1.75. The zero-order valence-electron chi connectivity index (χ0n) is 13.4. The summed E-state index contributed by atoms with van der Waals surface area (Å²) in [6.45, 7) is 1.49. The molecule has 2 heterocycles. The number of likely N-dealkylation sites (N-methyl/N-ethyl adjacent to an activating group) is 1. The molecule has 2 aromatic heterocycles. The summed E-state index contributed by atoms with van der Waals surface area (Å²) in [6.07, 6.45) is 9.78. The van der Waals surface area contributed by atoms with E-state index in [1.54, 1.807) is 6.20 Å². The molecule has 0 bridgehead atoms. The minimum atomic E-state index is -0.509. The molecule has 1 N–H and O–H groups in total. The van der Waals surface area contributed by atoms with Crippen LogP contribution in [0.3, 0.4) is 0 Å². The summed E-state index contributed by atoms with van der Waals surface area (Å²) in [7, 11) is 4.00. The number of nitrogens with zero attached hydrogens (tertiary/aromatic N) is 4. The molecule has 5 heteroatoms. The summed E-state index contributed by atoms with van der Waals surface area (Å²) in [6, 6.07) is 3.96. The standard InChI is InChI=1S/C17H24N4O/c1-20(13-17(22)7-3-4-8-17)11-15-12-21(2)19-16(15)14-6-5-9-18-10-14/h5-6,9-10,12,22H,3-4,7-8,11,13H2,1-2H3. The Hall–Kier alpha value is -1.72. The number of rotatable bonds is 5. The van der Waals surface area contributed by atoms with Gasteiger partial charge in [0.2, 0.25) is 0 Å². The van der Waals surface area contributed by atoms with Crippen molar-refractivity contribution in [3.63, 3.8) is 0 Å². The molecule has 1 aliphatic carbocycles. The molecule has 118 valence electrons. The van der Waals surface area contributed by atoms with Gasteiger partial charge in [-0.25, -0.2) is 0 Å². The SMILES string of the molecule is CN(Cc1cn(C)nc1-c1cccnc1)CC1(O)CCCC1. The molecule has 0 radical (unpaired) electrons. The zero-order valence-corrected chi connectivity index (χ0v) is 13.4. The molecule has 1 saturated carbocycles. The highest BCUT2D eigenvalue weighted by atomic mass is 16.3. The average Bonchev–Trinajstić information content (AvgIpc) is 3.06. The van der Waals surface area contributed by atoms with E-state index < -0.39 is 5.60 Å². The fraction of sp³-hybridized carbons (Fsp3) is 0.529. The first-order valence-electron chi connectivity index (χ1n) is 7.90. The van der Waals surface area contributed by atoms with Gasteiger partial charge in [-0.1, -0.05) is 12.8 Å². The van der Waals surface area contributed by atoms with Gasteiger partial charge in [-0.3, -0.25) is 14.6 Å². The van der Waals surface area contributed by atoms with E-state index in [2.05, 4.69) is 28.2 Å². The number of aryl methyl sites for hydroxylation is 1. The first-order chi connectivity index (χ1) is 10.6. The maximum absolute atomic E-state index is 10.6. The number of hydrogen-bond acceptors (Lipinski definition) is 4. The Morgan fingerprint density at radius 2 is 2.14 bits per heavy atom. The molecular formula is C17H24N4O. The lowest BCUT2D eigenvalue weighted by atomic mass is 10.0. The van der Waals surface area contributed by atoms with Gasteiger partial charge in [0.05, 0.1) is 11.3 Å². The van der Waals surface area contributed by atoms with Crippen LogP contribution in [-0.2, 0) is 13.6 Å². The highest BCUT2D eigenvalue weighted by Gasteiger charge is 2.32. The predicted molar refractivity (Wildman–Crippen MR) is 86.2 cm³/mol. The molecule has 22 heavy (non-hydrogen) atoms. The Morgan fingerprint density at radius 1 is 1.36 bits per heavy atom. The van der Waals surface area contributed by atoms with Crippen LogP contribution in [-0.4, -0.2) is 44.0 Å². The molecule has 2 aromatic rings. The van der Waals surface area contributed by atoms with E-state index in [0.717, 1.165) is 43.5 Å². The quantitative estimate of drug-likeness (QED) is 0.920. The molecule has 5 nitrogen and oxygen atoms in total. The Morgan fingerprint density at radius 3 is 2.82 bits per heavy atom. The van der Waals surface area contributed by atoms with Crippen molar-refractivity contribution >= 4 is 0 Å². The van der Waals surface area contributed by atoms with Gasteiger partial charge in [0.25, 0.3) is 0 Å². The van der Waals surface area contributed by atoms with E-state index in [9.17, 15) is 5.11 Å². The van der Waals surface area contributed by atoms with E-state index in [1.165, 1.54) is 5.56 Å². The maximum atomic E-state index is 10.6. The molecule has 0 atom stereocenters. The van der Waals surface area contributed by atoms with Gasteiger partial charge in [0.1, 0.15) is 0 Å². The molecule has 0 aliphatic heterocycles. The van der Waals surface area contributed by atoms with Crippen LogP contribution in [0.15, 0.2) is 30.7 Å². The minimum absolute atomic E-state index is 0.509. The van der Waals surface area contributed by atoms with Crippen molar-refractivity contribution in [2.45, 2.75) is 37.8 Å². The summed E-state index contributed by atoms with van der Waals surface area (Å²) in [5.41, 5.74) is 2.66. The number of pyridine rings is 1. The summed E-state index contributed by atoms with van der Waals surface area (Å²) in [4.78, 5) is 6.38. The van der Waals surface area contributed by atoms with Crippen molar-refractivity contribution in [2.24, 2.45) is 7.05 Å². The predicted octanol–water partition coefficient (Wildman–Crippen LogP) is 2.22. The van der Waals surface area contributed by atoms with E-state index >= 15 is 0 Å². The molecular weight excluding hydrogens is 276 g/mol. The molecule has 0 unspecified atom stereocenters. The van der Waals surface area contributed by atoms with Gasteiger partial charge in [-0.15, -0.1) is 0 Å². The average molecular weight is 300 g/mol. The topological polar surface area (TPSA) is 54.2 Å². The van der Waals surface area contributed by atoms with Gasteiger partial charge in [-0.05, 0) is 32.0 Å². The van der Waals surface area contributed by atoms with Crippen molar-refractivity contribution in [3.05, 3.63) is 36.3 Å². The first kappa shape index (κ1) is 15.2. The highest BCUT2D eigenvalue weighted by Crippen LogP contribution is 2.30. The van der Waals surface area contributed by atoms with Crippen LogP contribution in [0.2, 0.25) is 0 Å². The Bertz CT molecular complexity index is 617. The minimum Gasteiger partial charge on any atom is -0.389 e. The number of hydrogen-bond donors (Lipinski definition) is 1. The van der Waals surface area contributed by atoms with E-state index in [1.807, 2.05) is 30.1 Å². The monoisotopic (exact) mass is 300 g/mol. The lowest BCUT2D eigenvalue weighted by molar-refractivity contribution is 0.0145. The van der Waals surface area contributed by atoms with Gasteiger partial charge >= 0.3 is 0 Å². The third kappa shape index (κ3) is 3.36. The van der Waals surface area contributed by atoms with Crippen molar-refractivity contribution < 1.29 is 5.11 Å². The van der Waals surface area contributed by atoms with Crippen LogP contribution in [0.4, 0.5) is 0 Å². The lowest BCUT2D eigenvalue weighted by Crippen LogP contribution is -2.38. The second kappa shape index (κ2) is 6.18. The summed E-state index contributed by atoms with van der Waals surface area (Å²) < 4.78 is 1.84. The van der Waals surface area contributed by atoms with Crippen LogP contribution >= 0.6 is 0 Å². The number of aromatic nitrogens is 3. The molecule has 1 fully saturated rings. The fourth-order valence-electron chi connectivity index (χ4n) is 3.44. The van der Waals surface area contributed by atoms with Gasteiger partial charge in [0.15, 0.2) is 0 Å². The molecule has 0 aromatic carbocycles. The third-order valence-corrected chi connectivity index (χ3v) is 4.38. The molecule has 1 aliphatic rings. The summed E-state index contributed by atoms with van der Waals surface area (Å²) in [5, 5.41) is 15.1. The van der Waals surface area contributed by atoms with Gasteiger partial charge in [0, 0.05) is 49.9 Å². The van der Waals surface area contributed by atoms with Crippen LogP contribution in [0.1, 0.15) is 31.2 Å². The smallest absolute Gasteiger partial charge is 0.0983 e. The largest absolute Gasteiger partial charge is 0.389 e. The van der Waals surface area contributed by atoms with Crippen LogP contribution in [0, 0.1) is 0 Å². The van der Waals surface area contributed by atoms with Gasteiger partial charge in [-0.2, -0.15) is 5.10 Å². The van der Waals surface area contributed by atoms with E-state index in [4.69, 9.17) is 0 Å². The summed E-state index contributed by atoms with van der Waals surface area (Å²) >= 11 is 0. The van der Waals surface area contributed by atoms with Crippen molar-refractivity contribution in [1.29, 1.82) is 0 Å². The molecule has 0 saturated heterocycles. The summed E-state index contributed by atoms with van der Waals surface area (Å²) in [5.74, 6) is 0. The number of aliphatic hydroxyl groups is 1. The highest BCUT2D eigenvalue weighted by molar-refractivity contribution is 5.61. The third-order valence-electron chi connectivity index (χ3n) is 4.38. The normalized spacial score (nSPS) is 17.3. The van der Waals surface area contributed by atoms with Crippen LogP contribution < -0.4 is 0 Å². The molecule has 0 amide bonds. The van der Waals surface area contributed by atoms with E-state index in [-0.39, 0.29) is 0 Å². The molecule has 0 spiro atoms. The van der Waals surface area contributed by atoms with Crippen LogP contribution in [0.25, 0.3) is 11.3 Å². The van der Waals surface area contributed by atoms with Crippen molar-refractivity contribution in [3.8, 4) is 11.3 Å². The van der Waals surface area contributed by atoms with Gasteiger partial charge < -0.3 is 5.11 Å². The van der Waals surface area contributed by atoms with Crippen molar-refractivity contribution in [1.82, 2.24) is 19.7 Å². The zero-order chi connectivity index (χ0) is 15.6. The fourth-order valence-corrected chi connectivity index (χ4v) is 3.44. The second-order valence-electron chi connectivity index (χ2n) is 6.52. The van der Waals surface area contributed by atoms with E-state index in [0.29, 0.717) is 6.54 Å². The second-order valence-corrected chi connectivity index (χ2v) is 6.52.